The lowest BCUT2D eigenvalue weighted by molar-refractivity contribution is -0.118. The van der Waals surface area contributed by atoms with Gasteiger partial charge in [-0.2, -0.15) is 0 Å². The average Bonchev–Trinajstić information content (AvgIpc) is 2.29. The van der Waals surface area contributed by atoms with Crippen LogP contribution in [-0.2, 0) is 10.5 Å². The zero-order chi connectivity index (χ0) is 12.7. The van der Waals surface area contributed by atoms with Gasteiger partial charge in [-0.25, -0.2) is 0 Å². The van der Waals surface area contributed by atoms with Gasteiger partial charge < -0.3 is 10.4 Å². The summed E-state index contributed by atoms with van der Waals surface area (Å²) in [7, 11) is 0. The van der Waals surface area contributed by atoms with Crippen LogP contribution in [0.1, 0.15) is 12.5 Å². The summed E-state index contributed by atoms with van der Waals surface area (Å²) in [6.07, 6.45) is -0.500. The number of thioether (sulfide) groups is 1. The number of benzene rings is 1. The van der Waals surface area contributed by atoms with Gasteiger partial charge in [-0.15, -0.1) is 11.8 Å². The molecule has 0 aliphatic heterocycles. The quantitative estimate of drug-likeness (QED) is 0.834. The summed E-state index contributed by atoms with van der Waals surface area (Å²) in [4.78, 5) is 11.3. The van der Waals surface area contributed by atoms with Crippen LogP contribution in [0.2, 0.25) is 5.02 Å². The number of rotatable bonds is 6. The summed E-state index contributed by atoms with van der Waals surface area (Å²) in [6.45, 7) is 1.95. The molecule has 0 heterocycles. The number of hydrogen-bond acceptors (Lipinski definition) is 3. The van der Waals surface area contributed by atoms with Gasteiger partial charge in [0.05, 0.1) is 11.9 Å². The van der Waals surface area contributed by atoms with Crippen molar-refractivity contribution in [3.8, 4) is 0 Å². The summed E-state index contributed by atoms with van der Waals surface area (Å²) >= 11 is 7.31. The minimum Gasteiger partial charge on any atom is -0.392 e. The van der Waals surface area contributed by atoms with E-state index >= 15 is 0 Å². The van der Waals surface area contributed by atoms with Crippen molar-refractivity contribution >= 4 is 29.3 Å². The molecule has 0 radical (unpaired) electrons. The van der Waals surface area contributed by atoms with Gasteiger partial charge in [-0.3, -0.25) is 4.79 Å². The SMILES string of the molecule is C[C@H](O)CNC(=O)CSCc1ccc(Cl)cc1. The Kier molecular flexibility index (Phi) is 6.40. The first-order chi connectivity index (χ1) is 8.08. The predicted molar refractivity (Wildman–Crippen MR) is 72.3 cm³/mol. The van der Waals surface area contributed by atoms with Crippen LogP contribution < -0.4 is 5.32 Å². The van der Waals surface area contributed by atoms with Crippen molar-refractivity contribution in [3.05, 3.63) is 34.9 Å². The third-order valence-electron chi connectivity index (χ3n) is 2.01. The maximum absolute atomic E-state index is 11.3. The molecule has 0 unspecified atom stereocenters. The third-order valence-corrected chi connectivity index (χ3v) is 3.27. The van der Waals surface area contributed by atoms with E-state index in [0.717, 1.165) is 11.3 Å². The van der Waals surface area contributed by atoms with E-state index in [0.29, 0.717) is 17.3 Å². The predicted octanol–water partition coefficient (Wildman–Crippen LogP) is 2.07. The van der Waals surface area contributed by atoms with Crippen LogP contribution in [0.15, 0.2) is 24.3 Å². The molecule has 1 rings (SSSR count). The Balaban J connectivity index is 2.19. The Hall–Kier alpha value is -0.710. The second-order valence-corrected chi connectivity index (χ2v) is 5.19. The fraction of sp³-hybridized carbons (Fsp3) is 0.417. The van der Waals surface area contributed by atoms with Gasteiger partial charge in [0, 0.05) is 17.3 Å². The maximum Gasteiger partial charge on any atom is 0.230 e. The van der Waals surface area contributed by atoms with Gasteiger partial charge in [0.25, 0.3) is 0 Å². The topological polar surface area (TPSA) is 49.3 Å². The van der Waals surface area contributed by atoms with Gasteiger partial charge in [-0.05, 0) is 24.6 Å². The zero-order valence-electron chi connectivity index (χ0n) is 9.65. The lowest BCUT2D eigenvalue weighted by Crippen LogP contribution is -2.31. The molecule has 1 aromatic carbocycles. The van der Waals surface area contributed by atoms with E-state index in [9.17, 15) is 4.79 Å². The summed E-state index contributed by atoms with van der Waals surface area (Å²) in [5.74, 6) is 1.12. The van der Waals surface area contributed by atoms with Crippen LogP contribution in [0.5, 0.6) is 0 Å². The number of halogens is 1. The number of carbonyl (C=O) groups excluding carboxylic acids is 1. The van der Waals surface area contributed by atoms with Gasteiger partial charge >= 0.3 is 0 Å². The number of carbonyl (C=O) groups is 1. The van der Waals surface area contributed by atoms with E-state index in [1.807, 2.05) is 24.3 Å². The van der Waals surface area contributed by atoms with Crippen molar-refractivity contribution in [1.82, 2.24) is 5.32 Å². The molecule has 1 amide bonds. The molecule has 17 heavy (non-hydrogen) atoms. The third kappa shape index (κ3) is 6.56. The Bertz CT molecular complexity index is 354. The number of aliphatic hydroxyl groups excluding tert-OH is 1. The van der Waals surface area contributed by atoms with Crippen LogP contribution in [0, 0.1) is 0 Å². The molecule has 0 aromatic heterocycles. The summed E-state index contributed by atoms with van der Waals surface area (Å²) in [6, 6.07) is 7.57. The van der Waals surface area contributed by atoms with E-state index < -0.39 is 6.10 Å². The minimum absolute atomic E-state index is 0.0511. The van der Waals surface area contributed by atoms with Crippen molar-refractivity contribution in [1.29, 1.82) is 0 Å². The van der Waals surface area contributed by atoms with Gasteiger partial charge in [-0.1, -0.05) is 23.7 Å². The highest BCUT2D eigenvalue weighted by molar-refractivity contribution is 7.99. The maximum atomic E-state index is 11.3. The van der Waals surface area contributed by atoms with Crippen molar-refractivity contribution < 1.29 is 9.90 Å². The Morgan fingerprint density at radius 1 is 1.47 bits per heavy atom. The van der Waals surface area contributed by atoms with Crippen LogP contribution in [0.4, 0.5) is 0 Å². The molecule has 3 nitrogen and oxygen atoms in total. The van der Waals surface area contributed by atoms with Crippen LogP contribution >= 0.6 is 23.4 Å². The first-order valence-corrected chi connectivity index (χ1v) is 6.88. The lowest BCUT2D eigenvalue weighted by atomic mass is 10.2. The molecule has 0 saturated carbocycles. The molecule has 5 heteroatoms. The molecule has 0 fully saturated rings. The molecule has 2 N–H and O–H groups in total. The smallest absolute Gasteiger partial charge is 0.230 e. The largest absolute Gasteiger partial charge is 0.392 e. The van der Waals surface area contributed by atoms with Crippen LogP contribution in [-0.4, -0.2) is 29.4 Å². The number of nitrogens with one attached hydrogen (secondary N) is 1. The number of amides is 1. The van der Waals surface area contributed by atoms with Gasteiger partial charge in [0.1, 0.15) is 0 Å². The Morgan fingerprint density at radius 2 is 2.12 bits per heavy atom. The molecule has 0 bridgehead atoms. The molecule has 0 aliphatic carbocycles. The molecule has 94 valence electrons. The van der Waals surface area contributed by atoms with E-state index in [1.54, 1.807) is 6.92 Å². The number of hydrogen-bond donors (Lipinski definition) is 2. The lowest BCUT2D eigenvalue weighted by Gasteiger charge is -2.06. The van der Waals surface area contributed by atoms with Crippen molar-refractivity contribution in [2.45, 2.75) is 18.8 Å². The highest BCUT2D eigenvalue weighted by atomic mass is 35.5. The molecule has 0 aliphatic rings. The number of aliphatic hydroxyl groups is 1. The Morgan fingerprint density at radius 3 is 2.71 bits per heavy atom. The molecule has 1 aromatic rings. The fourth-order valence-electron chi connectivity index (χ4n) is 1.15. The minimum atomic E-state index is -0.500. The van der Waals surface area contributed by atoms with Crippen molar-refractivity contribution in [2.24, 2.45) is 0 Å². The zero-order valence-corrected chi connectivity index (χ0v) is 11.2. The van der Waals surface area contributed by atoms with Crippen LogP contribution in [0.3, 0.4) is 0 Å². The van der Waals surface area contributed by atoms with E-state index in [-0.39, 0.29) is 5.91 Å². The summed E-state index contributed by atoms with van der Waals surface area (Å²) in [5.41, 5.74) is 1.14. The van der Waals surface area contributed by atoms with E-state index in [1.165, 1.54) is 11.8 Å². The van der Waals surface area contributed by atoms with Crippen molar-refractivity contribution in [2.75, 3.05) is 12.3 Å². The second kappa shape index (κ2) is 7.58. The fourth-order valence-corrected chi connectivity index (χ4v) is 2.10. The van der Waals surface area contributed by atoms with Crippen molar-refractivity contribution in [3.63, 3.8) is 0 Å². The van der Waals surface area contributed by atoms with Gasteiger partial charge in [0.15, 0.2) is 0 Å². The first kappa shape index (κ1) is 14.4. The molecule has 1 atom stereocenters. The standard InChI is InChI=1S/C12H16ClNO2S/c1-9(15)6-14-12(16)8-17-7-10-2-4-11(13)5-3-10/h2-5,9,15H,6-8H2,1H3,(H,14,16)/t9-/m0/s1. The monoisotopic (exact) mass is 273 g/mol. The van der Waals surface area contributed by atoms with E-state index in [4.69, 9.17) is 16.7 Å². The summed E-state index contributed by atoms with van der Waals surface area (Å²) < 4.78 is 0. The molecular formula is C12H16ClNO2S. The molecule has 0 saturated heterocycles. The second-order valence-electron chi connectivity index (χ2n) is 3.77. The Labute approximate surface area is 111 Å². The van der Waals surface area contributed by atoms with E-state index in [2.05, 4.69) is 5.32 Å². The highest BCUT2D eigenvalue weighted by Gasteiger charge is 2.03. The highest BCUT2D eigenvalue weighted by Crippen LogP contribution is 2.15. The summed E-state index contributed by atoms with van der Waals surface area (Å²) in [5, 5.41) is 12.4. The van der Waals surface area contributed by atoms with Gasteiger partial charge in [0.2, 0.25) is 5.91 Å². The molecule has 0 spiro atoms. The first-order valence-electron chi connectivity index (χ1n) is 5.35. The average molecular weight is 274 g/mol. The normalized spacial score (nSPS) is 12.2. The van der Waals surface area contributed by atoms with Crippen LogP contribution in [0.25, 0.3) is 0 Å². The molecular weight excluding hydrogens is 258 g/mol.